The van der Waals surface area contributed by atoms with Crippen molar-refractivity contribution < 1.29 is 9.47 Å². The third-order valence-electron chi connectivity index (χ3n) is 3.48. The van der Waals surface area contributed by atoms with E-state index in [1.807, 2.05) is 0 Å². The van der Waals surface area contributed by atoms with Crippen LogP contribution in [0.4, 0.5) is 0 Å². The summed E-state index contributed by atoms with van der Waals surface area (Å²) in [5, 5.41) is 3.42. The average molecular weight is 421 g/mol. The molecule has 0 aliphatic carbocycles. The van der Waals surface area contributed by atoms with Gasteiger partial charge in [-0.3, -0.25) is 0 Å². The molecule has 1 saturated heterocycles. The van der Waals surface area contributed by atoms with Crippen molar-refractivity contribution in [1.29, 1.82) is 0 Å². The van der Waals surface area contributed by atoms with Gasteiger partial charge >= 0.3 is 0 Å². The molecule has 2 rings (SSSR count). The molecule has 1 aromatic carbocycles. The lowest BCUT2D eigenvalue weighted by Crippen LogP contribution is -2.21. The van der Waals surface area contributed by atoms with Crippen LogP contribution in [-0.4, -0.2) is 25.4 Å². The van der Waals surface area contributed by atoms with Gasteiger partial charge in [0.15, 0.2) is 0 Å². The Morgan fingerprint density at radius 1 is 1.33 bits per heavy atom. The van der Waals surface area contributed by atoms with Crippen LogP contribution in [-0.2, 0) is 11.3 Å². The third kappa shape index (κ3) is 5.55. The molecule has 1 heterocycles. The molecule has 0 radical (unpaired) electrons. The molecule has 1 aliphatic heterocycles. The number of rotatable bonds is 7. The van der Waals surface area contributed by atoms with Crippen LogP contribution in [0.3, 0.4) is 0 Å². The zero-order valence-corrected chi connectivity index (χ0v) is 15.8. The molecule has 0 aromatic heterocycles. The zero-order valence-electron chi connectivity index (χ0n) is 12.6. The lowest BCUT2D eigenvalue weighted by Gasteiger charge is -2.15. The first-order valence-corrected chi connectivity index (χ1v) is 9.10. The van der Waals surface area contributed by atoms with Crippen LogP contribution in [0, 0.1) is 0 Å². The fraction of sp³-hybridized carbons (Fsp3) is 0.625. The summed E-state index contributed by atoms with van der Waals surface area (Å²) in [6.07, 6.45) is 3.66. The number of benzene rings is 1. The molecule has 1 aromatic rings. The van der Waals surface area contributed by atoms with Crippen molar-refractivity contribution in [2.24, 2.45) is 0 Å². The summed E-state index contributed by atoms with van der Waals surface area (Å²) in [7, 11) is 0. The predicted molar refractivity (Wildman–Crippen MR) is 92.9 cm³/mol. The highest BCUT2D eigenvalue weighted by molar-refractivity contribution is 9.11. The first-order chi connectivity index (χ1) is 10.1. The Kier molecular flexibility index (Phi) is 6.99. The van der Waals surface area contributed by atoms with Gasteiger partial charge in [-0.05, 0) is 62.4 Å². The van der Waals surface area contributed by atoms with E-state index in [0.717, 1.165) is 40.7 Å². The monoisotopic (exact) mass is 419 g/mol. The maximum absolute atomic E-state index is 5.92. The summed E-state index contributed by atoms with van der Waals surface area (Å²) in [5.41, 5.74) is 1.23. The summed E-state index contributed by atoms with van der Waals surface area (Å²) in [6.45, 7) is 6.73. The van der Waals surface area contributed by atoms with Gasteiger partial charge in [-0.15, -0.1) is 0 Å². The van der Waals surface area contributed by atoms with Crippen molar-refractivity contribution in [2.75, 3.05) is 13.2 Å². The zero-order chi connectivity index (χ0) is 15.2. The summed E-state index contributed by atoms with van der Waals surface area (Å²) in [4.78, 5) is 0. The van der Waals surface area contributed by atoms with Crippen LogP contribution in [0.25, 0.3) is 0 Å². The molecule has 0 bridgehead atoms. The van der Waals surface area contributed by atoms with Crippen molar-refractivity contribution >= 4 is 31.9 Å². The number of nitrogens with one attached hydrogen (secondary N) is 1. The van der Waals surface area contributed by atoms with Crippen molar-refractivity contribution in [1.82, 2.24) is 5.32 Å². The molecule has 1 unspecified atom stereocenters. The molecular weight excluding hydrogens is 398 g/mol. The van der Waals surface area contributed by atoms with Crippen LogP contribution in [0.5, 0.6) is 5.75 Å². The van der Waals surface area contributed by atoms with Crippen molar-refractivity contribution in [3.05, 3.63) is 26.6 Å². The maximum atomic E-state index is 5.92. The topological polar surface area (TPSA) is 30.5 Å². The molecule has 3 nitrogen and oxygen atoms in total. The summed E-state index contributed by atoms with van der Waals surface area (Å²) in [6, 6.07) is 4.70. The van der Waals surface area contributed by atoms with Gasteiger partial charge in [-0.1, -0.05) is 13.8 Å². The highest BCUT2D eigenvalue weighted by Gasteiger charge is 2.16. The fourth-order valence-corrected chi connectivity index (χ4v) is 3.85. The molecule has 1 N–H and O–H groups in total. The quantitative estimate of drug-likeness (QED) is 0.695. The van der Waals surface area contributed by atoms with E-state index in [-0.39, 0.29) is 0 Å². The van der Waals surface area contributed by atoms with E-state index in [1.165, 1.54) is 12.0 Å². The highest BCUT2D eigenvalue weighted by Crippen LogP contribution is 2.35. The van der Waals surface area contributed by atoms with Crippen LogP contribution < -0.4 is 10.1 Å². The van der Waals surface area contributed by atoms with Crippen LogP contribution in [0.15, 0.2) is 21.1 Å². The van der Waals surface area contributed by atoms with Crippen LogP contribution >= 0.6 is 31.9 Å². The maximum Gasteiger partial charge on any atom is 0.147 e. The number of hydrogen-bond acceptors (Lipinski definition) is 3. The lowest BCUT2D eigenvalue weighted by atomic mass is 10.2. The molecule has 1 fully saturated rings. The molecule has 118 valence electrons. The second kappa shape index (κ2) is 8.51. The Morgan fingerprint density at radius 3 is 2.62 bits per heavy atom. The second-order valence-corrected chi connectivity index (χ2v) is 7.41. The predicted octanol–water partition coefficient (Wildman–Crippen LogP) is 4.66. The van der Waals surface area contributed by atoms with E-state index in [4.69, 9.17) is 9.47 Å². The van der Waals surface area contributed by atoms with Crippen LogP contribution in [0.2, 0.25) is 0 Å². The van der Waals surface area contributed by atoms with Gasteiger partial charge in [0.2, 0.25) is 0 Å². The highest BCUT2D eigenvalue weighted by atomic mass is 79.9. The van der Waals surface area contributed by atoms with Gasteiger partial charge in [0.25, 0.3) is 0 Å². The Balaban J connectivity index is 1.89. The van der Waals surface area contributed by atoms with Gasteiger partial charge in [0.05, 0.1) is 21.7 Å². The normalized spacial score (nSPS) is 18.4. The Labute approximate surface area is 144 Å². The van der Waals surface area contributed by atoms with Gasteiger partial charge in [-0.25, -0.2) is 0 Å². The second-order valence-electron chi connectivity index (χ2n) is 5.70. The number of halogens is 2. The summed E-state index contributed by atoms with van der Waals surface area (Å²) < 4.78 is 13.5. The van der Waals surface area contributed by atoms with Crippen molar-refractivity contribution in [2.45, 2.75) is 51.8 Å². The minimum Gasteiger partial charge on any atom is -0.491 e. The van der Waals surface area contributed by atoms with E-state index in [0.29, 0.717) is 18.8 Å². The molecule has 1 atom stereocenters. The first-order valence-electron chi connectivity index (χ1n) is 7.52. The Bertz CT molecular complexity index is 437. The SMILES string of the molecule is CC(C)NCc1cc(Br)c(OCCC2CCCO2)c(Br)c1. The van der Waals surface area contributed by atoms with Gasteiger partial charge in [0.1, 0.15) is 5.75 Å². The summed E-state index contributed by atoms with van der Waals surface area (Å²) >= 11 is 7.21. The van der Waals surface area contributed by atoms with E-state index < -0.39 is 0 Å². The first kappa shape index (κ1) is 17.3. The molecule has 5 heteroatoms. The fourth-order valence-electron chi connectivity index (χ4n) is 2.34. The standard InChI is InChI=1S/C16H23Br2NO2/c1-11(2)19-10-12-8-14(17)16(15(18)9-12)21-7-5-13-4-3-6-20-13/h8-9,11,13,19H,3-7,10H2,1-2H3. The molecular formula is C16H23Br2NO2. The summed E-state index contributed by atoms with van der Waals surface area (Å²) in [5.74, 6) is 0.876. The van der Waals surface area contributed by atoms with Gasteiger partial charge < -0.3 is 14.8 Å². The largest absolute Gasteiger partial charge is 0.491 e. The average Bonchev–Trinajstić information content (AvgIpc) is 2.92. The molecule has 0 amide bonds. The van der Waals surface area contributed by atoms with E-state index in [1.54, 1.807) is 0 Å². The number of hydrogen-bond donors (Lipinski definition) is 1. The molecule has 1 aliphatic rings. The minimum atomic E-state index is 0.372. The Morgan fingerprint density at radius 2 is 2.05 bits per heavy atom. The van der Waals surface area contributed by atoms with Gasteiger partial charge in [0, 0.05) is 25.6 Å². The lowest BCUT2D eigenvalue weighted by molar-refractivity contribution is 0.0901. The van der Waals surface area contributed by atoms with E-state index >= 15 is 0 Å². The third-order valence-corrected chi connectivity index (χ3v) is 4.66. The van der Waals surface area contributed by atoms with Crippen molar-refractivity contribution in [3.8, 4) is 5.75 Å². The number of ether oxygens (including phenoxy) is 2. The molecule has 0 saturated carbocycles. The molecule has 21 heavy (non-hydrogen) atoms. The van der Waals surface area contributed by atoms with E-state index in [2.05, 4.69) is 63.2 Å². The van der Waals surface area contributed by atoms with E-state index in [9.17, 15) is 0 Å². The Hall–Kier alpha value is -0.100. The van der Waals surface area contributed by atoms with Gasteiger partial charge in [-0.2, -0.15) is 0 Å². The smallest absolute Gasteiger partial charge is 0.147 e. The van der Waals surface area contributed by atoms with Crippen molar-refractivity contribution in [3.63, 3.8) is 0 Å². The van der Waals surface area contributed by atoms with Crippen LogP contribution in [0.1, 0.15) is 38.7 Å². The minimum absolute atomic E-state index is 0.372. The molecule has 0 spiro atoms.